The Kier molecular flexibility index (Phi) is 8.25. The second kappa shape index (κ2) is 11.5. The highest BCUT2D eigenvalue weighted by molar-refractivity contribution is 14.1. The summed E-state index contributed by atoms with van der Waals surface area (Å²) in [4.78, 5) is 50.1. The zero-order valence-electron chi connectivity index (χ0n) is 21.0. The van der Waals surface area contributed by atoms with E-state index in [0.717, 1.165) is 5.56 Å². The van der Waals surface area contributed by atoms with Gasteiger partial charge in [0, 0.05) is 0 Å². The molecule has 206 valence electrons. The van der Waals surface area contributed by atoms with E-state index in [4.69, 9.17) is 14.0 Å². The zero-order chi connectivity index (χ0) is 29.2. The zero-order valence-corrected chi connectivity index (χ0v) is 24.0. The standard InChI is InChI=1S/C27H21IN2O9S/c1-3-38-22-14-16(13-21(28)23(22)39-40(36,37)19-10-4-15(2)5-11-19)12-20-24(31)29-27(35)30(25(20)32)18-8-6-17(7-9-18)26(33)34/h4-14H,3H2,1-2H3,(H,33,34)(H,29,31,35)/b20-12+. The van der Waals surface area contributed by atoms with Crippen LogP contribution in [0, 0.1) is 10.5 Å². The van der Waals surface area contributed by atoms with Crippen molar-refractivity contribution < 1.29 is 41.6 Å². The lowest BCUT2D eigenvalue weighted by Crippen LogP contribution is -2.54. The van der Waals surface area contributed by atoms with E-state index in [-0.39, 0.29) is 39.8 Å². The SMILES string of the molecule is CCOc1cc(/C=C2\C(=O)NC(=O)N(c3ccc(C(=O)O)cc3)C2=O)cc(I)c1OS(=O)(=O)c1ccc(C)cc1. The van der Waals surface area contributed by atoms with Gasteiger partial charge in [-0.05, 0) is 96.6 Å². The van der Waals surface area contributed by atoms with Crippen molar-refractivity contribution >= 4 is 68.3 Å². The van der Waals surface area contributed by atoms with Crippen LogP contribution in [0.4, 0.5) is 10.5 Å². The first kappa shape index (κ1) is 28.8. The molecule has 4 amide bonds. The molecule has 0 atom stereocenters. The number of barbiturate groups is 1. The van der Waals surface area contributed by atoms with Gasteiger partial charge in [0.05, 0.1) is 21.4 Å². The lowest BCUT2D eigenvalue weighted by atomic mass is 10.1. The molecular formula is C27H21IN2O9S. The van der Waals surface area contributed by atoms with Crippen molar-refractivity contribution in [3.63, 3.8) is 0 Å². The smallest absolute Gasteiger partial charge is 0.339 e. The topological polar surface area (TPSA) is 156 Å². The number of carbonyl (C=O) groups is 4. The Hall–Kier alpha value is -4.24. The van der Waals surface area contributed by atoms with Crippen LogP contribution in [0.5, 0.6) is 11.5 Å². The fourth-order valence-corrected chi connectivity index (χ4v) is 5.53. The second-order valence-corrected chi connectivity index (χ2v) is 11.1. The molecule has 0 bridgehead atoms. The Bertz CT molecular complexity index is 1670. The minimum absolute atomic E-state index is 0.0480. The van der Waals surface area contributed by atoms with Gasteiger partial charge in [0.25, 0.3) is 11.8 Å². The van der Waals surface area contributed by atoms with Gasteiger partial charge in [-0.3, -0.25) is 14.9 Å². The van der Waals surface area contributed by atoms with Crippen molar-refractivity contribution in [2.45, 2.75) is 18.7 Å². The Morgan fingerprint density at radius 1 is 1.05 bits per heavy atom. The molecule has 0 saturated carbocycles. The Morgan fingerprint density at radius 3 is 2.30 bits per heavy atom. The fraction of sp³-hybridized carbons (Fsp3) is 0.111. The van der Waals surface area contributed by atoms with Crippen molar-refractivity contribution in [1.29, 1.82) is 0 Å². The first-order chi connectivity index (χ1) is 18.9. The summed E-state index contributed by atoms with van der Waals surface area (Å²) in [5.74, 6) is -3.08. The molecule has 11 nitrogen and oxygen atoms in total. The number of carbonyl (C=O) groups excluding carboxylic acids is 3. The van der Waals surface area contributed by atoms with E-state index in [1.165, 1.54) is 54.6 Å². The number of amides is 4. The Morgan fingerprint density at radius 2 is 1.70 bits per heavy atom. The van der Waals surface area contributed by atoms with Crippen LogP contribution in [-0.2, 0) is 19.7 Å². The fourth-order valence-electron chi connectivity index (χ4n) is 3.69. The van der Waals surface area contributed by atoms with E-state index in [2.05, 4.69) is 5.32 Å². The summed E-state index contributed by atoms with van der Waals surface area (Å²) >= 11 is 1.85. The van der Waals surface area contributed by atoms with Crippen LogP contribution in [0.25, 0.3) is 6.08 Å². The number of carboxylic acid groups (broad SMARTS) is 1. The van der Waals surface area contributed by atoms with Crippen LogP contribution in [-0.4, -0.2) is 43.9 Å². The molecule has 1 saturated heterocycles. The van der Waals surface area contributed by atoms with Gasteiger partial charge in [0.1, 0.15) is 10.5 Å². The van der Waals surface area contributed by atoms with E-state index in [1.54, 1.807) is 19.1 Å². The van der Waals surface area contributed by atoms with E-state index < -0.39 is 33.9 Å². The molecule has 0 radical (unpaired) electrons. The Labute approximate surface area is 242 Å². The van der Waals surface area contributed by atoms with Crippen LogP contribution in [0.3, 0.4) is 0 Å². The summed E-state index contributed by atoms with van der Waals surface area (Å²) in [6.07, 6.45) is 1.23. The second-order valence-electron chi connectivity index (χ2n) is 8.42. The molecule has 4 rings (SSSR count). The van der Waals surface area contributed by atoms with Crippen molar-refractivity contribution in [2.75, 3.05) is 11.5 Å². The van der Waals surface area contributed by atoms with E-state index >= 15 is 0 Å². The molecule has 1 fully saturated rings. The van der Waals surface area contributed by atoms with Crippen LogP contribution in [0.1, 0.15) is 28.4 Å². The monoisotopic (exact) mass is 676 g/mol. The molecule has 0 aromatic heterocycles. The summed E-state index contributed by atoms with van der Waals surface area (Å²) in [7, 11) is -4.20. The lowest BCUT2D eigenvalue weighted by Gasteiger charge is -2.26. The molecule has 0 unspecified atom stereocenters. The number of anilines is 1. The third-order valence-electron chi connectivity index (χ3n) is 5.62. The maximum absolute atomic E-state index is 13.2. The number of imide groups is 2. The number of aryl methyl sites for hydroxylation is 1. The van der Waals surface area contributed by atoms with Crippen LogP contribution in [0.15, 0.2) is 71.1 Å². The van der Waals surface area contributed by atoms with Gasteiger partial charge in [0.2, 0.25) is 0 Å². The molecular weight excluding hydrogens is 655 g/mol. The van der Waals surface area contributed by atoms with E-state index in [0.29, 0.717) is 14.0 Å². The number of benzene rings is 3. The number of halogens is 1. The molecule has 3 aromatic carbocycles. The van der Waals surface area contributed by atoms with Gasteiger partial charge in [-0.25, -0.2) is 14.5 Å². The summed E-state index contributed by atoms with van der Waals surface area (Å²) in [6.45, 7) is 3.67. The van der Waals surface area contributed by atoms with Gasteiger partial charge in [0.15, 0.2) is 11.5 Å². The number of urea groups is 1. The van der Waals surface area contributed by atoms with Gasteiger partial charge < -0.3 is 14.0 Å². The van der Waals surface area contributed by atoms with Gasteiger partial charge >= 0.3 is 22.1 Å². The average molecular weight is 676 g/mol. The molecule has 2 N–H and O–H groups in total. The molecule has 1 aliphatic heterocycles. The molecule has 1 heterocycles. The van der Waals surface area contributed by atoms with Crippen LogP contribution >= 0.6 is 22.6 Å². The molecule has 13 heteroatoms. The van der Waals surface area contributed by atoms with Crippen molar-refractivity contribution in [2.24, 2.45) is 0 Å². The predicted octanol–water partition coefficient (Wildman–Crippen LogP) is 4.13. The summed E-state index contributed by atoms with van der Waals surface area (Å²) < 4.78 is 37.2. The normalized spacial score (nSPS) is 14.7. The van der Waals surface area contributed by atoms with Gasteiger partial charge in [-0.1, -0.05) is 17.7 Å². The molecule has 40 heavy (non-hydrogen) atoms. The first-order valence-corrected chi connectivity index (χ1v) is 14.1. The van der Waals surface area contributed by atoms with E-state index in [9.17, 15) is 27.6 Å². The number of hydrogen-bond donors (Lipinski definition) is 2. The van der Waals surface area contributed by atoms with Crippen LogP contribution < -0.4 is 19.1 Å². The maximum Gasteiger partial charge on any atom is 0.339 e. The highest BCUT2D eigenvalue weighted by atomic mass is 127. The maximum atomic E-state index is 13.2. The summed E-state index contributed by atoms with van der Waals surface area (Å²) in [5, 5.41) is 11.2. The highest BCUT2D eigenvalue weighted by Crippen LogP contribution is 2.37. The van der Waals surface area contributed by atoms with Crippen molar-refractivity contribution in [3.8, 4) is 11.5 Å². The first-order valence-electron chi connectivity index (χ1n) is 11.6. The van der Waals surface area contributed by atoms with Gasteiger partial charge in [-0.2, -0.15) is 8.42 Å². The molecule has 0 spiro atoms. The van der Waals surface area contributed by atoms with Gasteiger partial charge in [-0.15, -0.1) is 0 Å². The quantitative estimate of drug-likeness (QED) is 0.155. The number of ether oxygens (including phenoxy) is 1. The van der Waals surface area contributed by atoms with Crippen molar-refractivity contribution in [1.82, 2.24) is 5.32 Å². The number of nitrogens with one attached hydrogen (secondary N) is 1. The molecule has 1 aliphatic rings. The lowest BCUT2D eigenvalue weighted by molar-refractivity contribution is -0.122. The summed E-state index contributed by atoms with van der Waals surface area (Å²) in [6, 6.07) is 13.0. The molecule has 3 aromatic rings. The van der Waals surface area contributed by atoms with E-state index in [1.807, 2.05) is 29.5 Å². The van der Waals surface area contributed by atoms with Crippen LogP contribution in [0.2, 0.25) is 0 Å². The number of aromatic carboxylic acids is 1. The largest absolute Gasteiger partial charge is 0.490 e. The Balaban J connectivity index is 1.70. The number of nitrogens with zero attached hydrogens (tertiary/aromatic N) is 1. The summed E-state index contributed by atoms with van der Waals surface area (Å²) in [5.41, 5.74) is 0.786. The number of carboxylic acids is 1. The van der Waals surface area contributed by atoms with Crippen molar-refractivity contribution in [3.05, 3.63) is 86.5 Å². The minimum Gasteiger partial charge on any atom is -0.490 e. The average Bonchev–Trinajstić information content (AvgIpc) is 2.89. The molecule has 0 aliphatic carbocycles. The number of rotatable bonds is 8. The minimum atomic E-state index is -4.20. The third kappa shape index (κ3) is 5.99. The predicted molar refractivity (Wildman–Crippen MR) is 152 cm³/mol. The number of hydrogen-bond acceptors (Lipinski definition) is 8. The highest BCUT2D eigenvalue weighted by Gasteiger charge is 2.37. The third-order valence-corrected chi connectivity index (χ3v) is 7.66.